The number of anilines is 1. The lowest BCUT2D eigenvalue weighted by Gasteiger charge is -2.17. The molecule has 3 nitrogen and oxygen atoms in total. The number of thioether (sulfide) groups is 1. The highest BCUT2D eigenvalue weighted by Gasteiger charge is 2.09. The van der Waals surface area contributed by atoms with Gasteiger partial charge in [0.05, 0.1) is 6.54 Å². The summed E-state index contributed by atoms with van der Waals surface area (Å²) in [6.45, 7) is 3.18. The Bertz CT molecular complexity index is 337. The summed E-state index contributed by atoms with van der Waals surface area (Å²) in [4.78, 5) is 14.6. The van der Waals surface area contributed by atoms with Crippen molar-refractivity contribution in [1.82, 2.24) is 5.32 Å². The SMILES string of the molecule is CCNCC(=O)N(C)c1ccc(SC)cc1. The molecule has 1 aromatic carbocycles. The van der Waals surface area contributed by atoms with Crippen LogP contribution in [0, 0.1) is 0 Å². The van der Waals surface area contributed by atoms with Gasteiger partial charge in [0.1, 0.15) is 0 Å². The van der Waals surface area contributed by atoms with E-state index in [0.717, 1.165) is 12.2 Å². The van der Waals surface area contributed by atoms with Crippen LogP contribution >= 0.6 is 11.8 Å². The molecule has 1 amide bonds. The van der Waals surface area contributed by atoms with Crippen LogP contribution in [0.3, 0.4) is 0 Å². The number of carbonyl (C=O) groups is 1. The van der Waals surface area contributed by atoms with E-state index in [0.29, 0.717) is 6.54 Å². The van der Waals surface area contributed by atoms with E-state index < -0.39 is 0 Å². The van der Waals surface area contributed by atoms with Crippen molar-refractivity contribution >= 4 is 23.4 Å². The molecular formula is C12H18N2OS. The van der Waals surface area contributed by atoms with Gasteiger partial charge in [-0.25, -0.2) is 0 Å². The summed E-state index contributed by atoms with van der Waals surface area (Å²) in [7, 11) is 1.80. The zero-order chi connectivity index (χ0) is 12.0. The maximum Gasteiger partial charge on any atom is 0.240 e. The van der Waals surface area contributed by atoms with E-state index in [1.807, 2.05) is 37.4 Å². The number of carbonyl (C=O) groups excluding carboxylic acids is 1. The van der Waals surface area contributed by atoms with Crippen LogP contribution < -0.4 is 10.2 Å². The quantitative estimate of drug-likeness (QED) is 0.796. The molecule has 0 saturated carbocycles. The molecule has 0 bridgehead atoms. The second-order valence-electron chi connectivity index (χ2n) is 3.43. The molecule has 16 heavy (non-hydrogen) atoms. The Hall–Kier alpha value is -1.00. The predicted molar refractivity (Wildman–Crippen MR) is 70.2 cm³/mol. The predicted octanol–water partition coefficient (Wildman–Crippen LogP) is 1.98. The number of nitrogens with zero attached hydrogens (tertiary/aromatic N) is 1. The Morgan fingerprint density at radius 1 is 1.38 bits per heavy atom. The standard InChI is InChI=1S/C12H18N2OS/c1-4-13-9-12(15)14(2)10-5-7-11(16-3)8-6-10/h5-8,13H,4,9H2,1-3H3. The van der Waals surface area contributed by atoms with Crippen molar-refractivity contribution in [1.29, 1.82) is 0 Å². The molecule has 0 saturated heterocycles. The zero-order valence-corrected chi connectivity index (χ0v) is 10.8. The second kappa shape index (κ2) is 6.55. The molecule has 88 valence electrons. The monoisotopic (exact) mass is 238 g/mol. The van der Waals surface area contributed by atoms with Gasteiger partial charge in [0, 0.05) is 17.6 Å². The molecule has 4 heteroatoms. The molecule has 0 radical (unpaired) electrons. The van der Waals surface area contributed by atoms with Crippen molar-refractivity contribution < 1.29 is 4.79 Å². The number of rotatable bonds is 5. The van der Waals surface area contributed by atoms with E-state index in [1.54, 1.807) is 23.7 Å². The summed E-state index contributed by atoms with van der Waals surface area (Å²) >= 11 is 1.70. The number of amides is 1. The van der Waals surface area contributed by atoms with Gasteiger partial charge in [-0.15, -0.1) is 11.8 Å². The fraction of sp³-hybridized carbons (Fsp3) is 0.417. The first kappa shape index (κ1) is 13.1. The zero-order valence-electron chi connectivity index (χ0n) is 9.99. The summed E-state index contributed by atoms with van der Waals surface area (Å²) < 4.78 is 0. The van der Waals surface area contributed by atoms with Crippen LogP contribution in [0.2, 0.25) is 0 Å². The van der Waals surface area contributed by atoms with Crippen molar-refractivity contribution in [2.45, 2.75) is 11.8 Å². The van der Waals surface area contributed by atoms with Gasteiger partial charge < -0.3 is 10.2 Å². The highest BCUT2D eigenvalue weighted by molar-refractivity contribution is 7.98. The third-order valence-electron chi connectivity index (χ3n) is 2.36. The topological polar surface area (TPSA) is 32.3 Å². The van der Waals surface area contributed by atoms with Gasteiger partial charge >= 0.3 is 0 Å². The van der Waals surface area contributed by atoms with Gasteiger partial charge in [0.2, 0.25) is 5.91 Å². The van der Waals surface area contributed by atoms with E-state index in [-0.39, 0.29) is 5.91 Å². The summed E-state index contributed by atoms with van der Waals surface area (Å²) in [5.41, 5.74) is 0.931. The first-order chi connectivity index (χ1) is 7.69. The third-order valence-corrected chi connectivity index (χ3v) is 3.10. The van der Waals surface area contributed by atoms with Crippen LogP contribution in [0.5, 0.6) is 0 Å². The summed E-state index contributed by atoms with van der Waals surface area (Å²) in [6.07, 6.45) is 2.04. The van der Waals surface area contributed by atoms with Crippen LogP contribution in [-0.4, -0.2) is 32.3 Å². The molecule has 0 fully saturated rings. The number of hydrogen-bond acceptors (Lipinski definition) is 3. The largest absolute Gasteiger partial charge is 0.314 e. The van der Waals surface area contributed by atoms with Gasteiger partial charge in [0.25, 0.3) is 0 Å². The van der Waals surface area contributed by atoms with Crippen LogP contribution in [0.25, 0.3) is 0 Å². The Kier molecular flexibility index (Phi) is 5.35. The average Bonchev–Trinajstić information content (AvgIpc) is 2.35. The first-order valence-corrected chi connectivity index (χ1v) is 6.52. The maximum absolute atomic E-state index is 11.7. The Labute approximate surface area is 101 Å². The first-order valence-electron chi connectivity index (χ1n) is 5.30. The van der Waals surface area contributed by atoms with Crippen LogP contribution in [0.1, 0.15) is 6.92 Å². The van der Waals surface area contributed by atoms with Gasteiger partial charge in [-0.2, -0.15) is 0 Å². The minimum absolute atomic E-state index is 0.0822. The average molecular weight is 238 g/mol. The molecule has 1 aromatic rings. The van der Waals surface area contributed by atoms with Gasteiger partial charge in [-0.1, -0.05) is 6.92 Å². The minimum atomic E-state index is 0.0822. The molecule has 1 rings (SSSR count). The molecule has 0 unspecified atom stereocenters. The molecule has 0 spiro atoms. The molecule has 0 atom stereocenters. The van der Waals surface area contributed by atoms with Gasteiger partial charge in [0.15, 0.2) is 0 Å². The number of benzene rings is 1. The van der Waals surface area contributed by atoms with Gasteiger partial charge in [-0.3, -0.25) is 4.79 Å². The fourth-order valence-electron chi connectivity index (χ4n) is 1.30. The van der Waals surface area contributed by atoms with E-state index in [1.165, 1.54) is 4.90 Å². The van der Waals surface area contributed by atoms with E-state index >= 15 is 0 Å². The lowest BCUT2D eigenvalue weighted by Crippen LogP contribution is -2.35. The van der Waals surface area contributed by atoms with Crippen LogP contribution in [0.4, 0.5) is 5.69 Å². The van der Waals surface area contributed by atoms with E-state index in [9.17, 15) is 4.79 Å². The molecule has 0 aliphatic rings. The second-order valence-corrected chi connectivity index (χ2v) is 4.31. The lowest BCUT2D eigenvalue weighted by atomic mass is 10.3. The Morgan fingerprint density at radius 2 is 2.00 bits per heavy atom. The number of hydrogen-bond donors (Lipinski definition) is 1. The lowest BCUT2D eigenvalue weighted by molar-refractivity contribution is -0.117. The third kappa shape index (κ3) is 3.54. The Morgan fingerprint density at radius 3 is 2.50 bits per heavy atom. The summed E-state index contributed by atoms with van der Waals surface area (Å²) in [5.74, 6) is 0.0822. The molecule has 0 aliphatic heterocycles. The smallest absolute Gasteiger partial charge is 0.240 e. The van der Waals surface area contributed by atoms with Crippen molar-refractivity contribution in [3.63, 3.8) is 0 Å². The minimum Gasteiger partial charge on any atom is -0.314 e. The fourth-order valence-corrected chi connectivity index (χ4v) is 1.71. The van der Waals surface area contributed by atoms with Gasteiger partial charge in [-0.05, 0) is 37.1 Å². The molecule has 0 heterocycles. The normalized spacial score (nSPS) is 10.2. The van der Waals surface area contributed by atoms with E-state index in [4.69, 9.17) is 0 Å². The van der Waals surface area contributed by atoms with Crippen molar-refractivity contribution in [3.05, 3.63) is 24.3 Å². The number of likely N-dealkylation sites (N-methyl/N-ethyl adjacent to an activating group) is 2. The highest BCUT2D eigenvalue weighted by atomic mass is 32.2. The molecule has 1 N–H and O–H groups in total. The van der Waals surface area contributed by atoms with Crippen molar-refractivity contribution in [2.75, 3.05) is 31.3 Å². The van der Waals surface area contributed by atoms with Crippen LogP contribution in [0.15, 0.2) is 29.2 Å². The summed E-state index contributed by atoms with van der Waals surface area (Å²) in [5, 5.41) is 3.03. The van der Waals surface area contributed by atoms with E-state index in [2.05, 4.69) is 5.32 Å². The maximum atomic E-state index is 11.7. The Balaban J connectivity index is 2.64. The summed E-state index contributed by atoms with van der Waals surface area (Å²) in [6, 6.07) is 7.99. The van der Waals surface area contributed by atoms with Crippen molar-refractivity contribution in [3.8, 4) is 0 Å². The molecule has 0 aliphatic carbocycles. The van der Waals surface area contributed by atoms with Crippen molar-refractivity contribution in [2.24, 2.45) is 0 Å². The molecule has 0 aromatic heterocycles. The van der Waals surface area contributed by atoms with Crippen LogP contribution in [-0.2, 0) is 4.79 Å². The highest BCUT2D eigenvalue weighted by Crippen LogP contribution is 2.19. The number of nitrogens with one attached hydrogen (secondary N) is 1. The molecular weight excluding hydrogens is 220 g/mol.